The summed E-state index contributed by atoms with van der Waals surface area (Å²) in [6, 6.07) is 5.52. The maximum absolute atomic E-state index is 12.4. The fourth-order valence-electron chi connectivity index (χ4n) is 2.41. The lowest BCUT2D eigenvalue weighted by atomic mass is 9.93. The zero-order valence-electron chi connectivity index (χ0n) is 11.3. The Morgan fingerprint density at radius 3 is 2.53 bits per heavy atom. The number of amides is 1. The molecular formula is C15H18ClNO2. The maximum Gasteiger partial charge on any atom is 0.253 e. The Kier molecular flexibility index (Phi) is 4.25. The first-order chi connectivity index (χ1) is 8.99. The molecule has 0 N–H and O–H groups in total. The van der Waals surface area contributed by atoms with Gasteiger partial charge >= 0.3 is 0 Å². The molecule has 0 heterocycles. The number of Topliss-reactive ketones (excluding diaryl/α,β-unsaturated/α-hetero) is 1. The van der Waals surface area contributed by atoms with Gasteiger partial charge in [0.15, 0.2) is 0 Å². The number of halogens is 1. The number of ketones is 1. The fraction of sp³-hybridized carbons (Fsp3) is 0.467. The number of hydrogen-bond donors (Lipinski definition) is 0. The molecule has 102 valence electrons. The van der Waals surface area contributed by atoms with Gasteiger partial charge < -0.3 is 4.90 Å². The Labute approximate surface area is 118 Å². The van der Waals surface area contributed by atoms with Gasteiger partial charge in [-0.3, -0.25) is 9.59 Å². The van der Waals surface area contributed by atoms with Crippen LogP contribution in [0.25, 0.3) is 0 Å². The lowest BCUT2D eigenvalue weighted by molar-refractivity contribution is -0.121. The number of rotatable bonds is 2. The topological polar surface area (TPSA) is 37.4 Å². The molecule has 0 spiro atoms. The molecule has 1 aliphatic rings. The monoisotopic (exact) mass is 279 g/mol. The molecule has 3 nitrogen and oxygen atoms in total. The summed E-state index contributed by atoms with van der Waals surface area (Å²) in [7, 11) is 1.80. The van der Waals surface area contributed by atoms with Crippen LogP contribution >= 0.6 is 11.6 Å². The van der Waals surface area contributed by atoms with Crippen molar-refractivity contribution >= 4 is 23.3 Å². The van der Waals surface area contributed by atoms with E-state index in [1.54, 1.807) is 24.1 Å². The van der Waals surface area contributed by atoms with E-state index in [1.807, 2.05) is 13.0 Å². The van der Waals surface area contributed by atoms with Gasteiger partial charge in [-0.05, 0) is 37.5 Å². The minimum atomic E-state index is -0.0266. The number of nitrogens with zero attached hydrogens (tertiary/aromatic N) is 1. The Balaban J connectivity index is 2.10. The third-order valence-electron chi connectivity index (χ3n) is 3.80. The summed E-state index contributed by atoms with van der Waals surface area (Å²) in [5, 5.41) is 0.609. The van der Waals surface area contributed by atoms with E-state index in [4.69, 9.17) is 11.6 Å². The van der Waals surface area contributed by atoms with Crippen molar-refractivity contribution in [2.75, 3.05) is 7.05 Å². The summed E-state index contributed by atoms with van der Waals surface area (Å²) in [6.45, 7) is 1.91. The maximum atomic E-state index is 12.4. The molecule has 19 heavy (non-hydrogen) atoms. The Hall–Kier alpha value is -1.35. The highest BCUT2D eigenvalue weighted by Gasteiger charge is 2.25. The highest BCUT2D eigenvalue weighted by molar-refractivity contribution is 6.31. The molecule has 0 radical (unpaired) electrons. The van der Waals surface area contributed by atoms with Gasteiger partial charge in [0, 0.05) is 36.5 Å². The first-order valence-electron chi connectivity index (χ1n) is 6.54. The van der Waals surface area contributed by atoms with Gasteiger partial charge in [-0.25, -0.2) is 0 Å². The molecule has 0 aliphatic heterocycles. The van der Waals surface area contributed by atoms with Crippen LogP contribution in [0.15, 0.2) is 18.2 Å². The number of hydrogen-bond acceptors (Lipinski definition) is 2. The highest BCUT2D eigenvalue weighted by Crippen LogP contribution is 2.23. The summed E-state index contributed by atoms with van der Waals surface area (Å²) >= 11 is 6.05. The van der Waals surface area contributed by atoms with Gasteiger partial charge in [-0.1, -0.05) is 17.7 Å². The zero-order chi connectivity index (χ0) is 14.0. The van der Waals surface area contributed by atoms with E-state index in [1.165, 1.54) is 0 Å². The van der Waals surface area contributed by atoms with E-state index < -0.39 is 0 Å². The SMILES string of the molecule is Cc1ccc(C(=O)N(C)C2CCC(=O)CC2)cc1Cl. The lowest BCUT2D eigenvalue weighted by Crippen LogP contribution is -2.39. The van der Waals surface area contributed by atoms with E-state index in [-0.39, 0.29) is 11.9 Å². The van der Waals surface area contributed by atoms with Crippen molar-refractivity contribution in [2.45, 2.75) is 38.6 Å². The molecule has 0 atom stereocenters. The average molecular weight is 280 g/mol. The van der Waals surface area contributed by atoms with Gasteiger partial charge in [-0.15, -0.1) is 0 Å². The Morgan fingerprint density at radius 1 is 1.32 bits per heavy atom. The number of benzene rings is 1. The molecule has 1 fully saturated rings. The molecule has 0 bridgehead atoms. The molecule has 0 unspecified atom stereocenters. The normalized spacial score (nSPS) is 16.5. The predicted octanol–water partition coefficient (Wildman–Crippen LogP) is 3.23. The van der Waals surface area contributed by atoms with Gasteiger partial charge in [0.2, 0.25) is 0 Å². The predicted molar refractivity (Wildman–Crippen MR) is 75.5 cm³/mol. The van der Waals surface area contributed by atoms with E-state index >= 15 is 0 Å². The van der Waals surface area contributed by atoms with Gasteiger partial charge in [0.1, 0.15) is 5.78 Å². The lowest BCUT2D eigenvalue weighted by Gasteiger charge is -2.30. The molecule has 1 saturated carbocycles. The molecule has 0 aromatic heterocycles. The minimum Gasteiger partial charge on any atom is -0.339 e. The van der Waals surface area contributed by atoms with E-state index in [0.717, 1.165) is 18.4 Å². The van der Waals surface area contributed by atoms with E-state index in [2.05, 4.69) is 0 Å². The molecule has 1 aromatic carbocycles. The van der Waals surface area contributed by atoms with Crippen molar-refractivity contribution in [3.63, 3.8) is 0 Å². The summed E-state index contributed by atoms with van der Waals surface area (Å²) in [4.78, 5) is 25.3. The molecule has 1 aliphatic carbocycles. The van der Waals surface area contributed by atoms with Gasteiger partial charge in [0.25, 0.3) is 5.91 Å². The van der Waals surface area contributed by atoms with Crippen LogP contribution in [0.2, 0.25) is 5.02 Å². The summed E-state index contributed by atoms with van der Waals surface area (Å²) < 4.78 is 0. The largest absolute Gasteiger partial charge is 0.339 e. The van der Waals surface area contributed by atoms with Gasteiger partial charge in [0.05, 0.1) is 0 Å². The minimum absolute atomic E-state index is 0.0266. The number of aryl methyl sites for hydroxylation is 1. The molecule has 0 saturated heterocycles. The van der Waals surface area contributed by atoms with Crippen LogP contribution in [0.1, 0.15) is 41.6 Å². The van der Waals surface area contributed by atoms with Crippen LogP contribution < -0.4 is 0 Å². The van der Waals surface area contributed by atoms with Crippen LogP contribution in [0.5, 0.6) is 0 Å². The quantitative estimate of drug-likeness (QED) is 0.833. The first-order valence-corrected chi connectivity index (χ1v) is 6.92. The Morgan fingerprint density at radius 2 is 1.95 bits per heavy atom. The fourth-order valence-corrected chi connectivity index (χ4v) is 2.59. The third-order valence-corrected chi connectivity index (χ3v) is 4.21. The molecule has 4 heteroatoms. The third kappa shape index (κ3) is 3.16. The Bertz CT molecular complexity index is 503. The van der Waals surface area contributed by atoms with Crippen molar-refractivity contribution in [1.29, 1.82) is 0 Å². The van der Waals surface area contributed by atoms with Crippen LogP contribution in [0.3, 0.4) is 0 Å². The number of carbonyl (C=O) groups excluding carboxylic acids is 2. The highest BCUT2D eigenvalue weighted by atomic mass is 35.5. The summed E-state index contributed by atoms with van der Waals surface area (Å²) in [6.07, 6.45) is 2.69. The molecule has 1 amide bonds. The van der Waals surface area contributed by atoms with E-state index in [9.17, 15) is 9.59 Å². The molecular weight excluding hydrogens is 262 g/mol. The van der Waals surface area contributed by atoms with Crippen LogP contribution in [0.4, 0.5) is 0 Å². The second kappa shape index (κ2) is 5.74. The van der Waals surface area contributed by atoms with Crippen molar-refractivity contribution < 1.29 is 9.59 Å². The summed E-state index contributed by atoms with van der Waals surface area (Å²) in [5.74, 6) is 0.275. The van der Waals surface area contributed by atoms with E-state index in [0.29, 0.717) is 29.2 Å². The van der Waals surface area contributed by atoms with Crippen LogP contribution in [-0.4, -0.2) is 29.7 Å². The van der Waals surface area contributed by atoms with Crippen molar-refractivity contribution in [3.05, 3.63) is 34.3 Å². The number of carbonyl (C=O) groups is 2. The summed E-state index contributed by atoms with van der Waals surface area (Å²) in [5.41, 5.74) is 1.57. The second-order valence-electron chi connectivity index (χ2n) is 5.15. The van der Waals surface area contributed by atoms with Crippen molar-refractivity contribution in [3.8, 4) is 0 Å². The average Bonchev–Trinajstić information content (AvgIpc) is 2.41. The zero-order valence-corrected chi connectivity index (χ0v) is 12.0. The smallest absolute Gasteiger partial charge is 0.253 e. The van der Waals surface area contributed by atoms with Crippen LogP contribution in [-0.2, 0) is 4.79 Å². The molecule has 2 rings (SSSR count). The van der Waals surface area contributed by atoms with Crippen molar-refractivity contribution in [1.82, 2.24) is 4.90 Å². The second-order valence-corrected chi connectivity index (χ2v) is 5.56. The van der Waals surface area contributed by atoms with Gasteiger partial charge in [-0.2, -0.15) is 0 Å². The van der Waals surface area contributed by atoms with Crippen LogP contribution in [0, 0.1) is 6.92 Å². The molecule has 1 aromatic rings. The first kappa shape index (κ1) is 14.1. The standard InChI is InChI=1S/C15H18ClNO2/c1-10-3-4-11(9-14(10)16)15(19)17(2)12-5-7-13(18)8-6-12/h3-4,9,12H,5-8H2,1-2H3. The van der Waals surface area contributed by atoms with Crippen molar-refractivity contribution in [2.24, 2.45) is 0 Å².